The Hall–Kier alpha value is -1.22. The van der Waals surface area contributed by atoms with E-state index in [0.29, 0.717) is 0 Å². The van der Waals surface area contributed by atoms with Gasteiger partial charge < -0.3 is 14.7 Å². The lowest BCUT2D eigenvalue weighted by Crippen LogP contribution is -2.44. The zero-order valence-corrected chi connectivity index (χ0v) is 11.3. The van der Waals surface area contributed by atoms with Crippen LogP contribution in [0.4, 0.5) is 11.4 Å². The summed E-state index contributed by atoms with van der Waals surface area (Å²) in [6, 6.07) is 9.09. The maximum Gasteiger partial charge on any atom is 0.0387 e. The van der Waals surface area contributed by atoms with Crippen LogP contribution in [0.1, 0.15) is 12.8 Å². The largest absolute Gasteiger partial charge is 0.371 e. The molecule has 0 atom stereocenters. The monoisotopic (exact) mass is 245 g/mol. The molecule has 3 rings (SSSR count). The average Bonchev–Trinajstić information content (AvgIpc) is 2.94. The summed E-state index contributed by atoms with van der Waals surface area (Å²) in [4.78, 5) is 7.43. The van der Waals surface area contributed by atoms with E-state index < -0.39 is 0 Å². The fraction of sp³-hybridized carbons (Fsp3) is 0.600. The fourth-order valence-electron chi connectivity index (χ4n) is 2.93. The lowest BCUT2D eigenvalue weighted by molar-refractivity contribution is 0.313. The summed E-state index contributed by atoms with van der Waals surface area (Å²) in [5.41, 5.74) is 2.80. The van der Waals surface area contributed by atoms with Gasteiger partial charge in [0.05, 0.1) is 0 Å². The minimum Gasteiger partial charge on any atom is -0.371 e. The van der Waals surface area contributed by atoms with E-state index in [-0.39, 0.29) is 0 Å². The van der Waals surface area contributed by atoms with Gasteiger partial charge in [-0.1, -0.05) is 6.07 Å². The van der Waals surface area contributed by atoms with E-state index in [1.54, 1.807) is 0 Å². The van der Waals surface area contributed by atoms with Gasteiger partial charge in [0.25, 0.3) is 0 Å². The molecule has 2 aliphatic rings. The molecule has 1 aromatic rings. The van der Waals surface area contributed by atoms with Gasteiger partial charge in [0.15, 0.2) is 0 Å². The predicted molar refractivity (Wildman–Crippen MR) is 77.6 cm³/mol. The van der Waals surface area contributed by atoms with Crippen molar-refractivity contribution in [2.45, 2.75) is 12.8 Å². The van der Waals surface area contributed by atoms with Crippen molar-refractivity contribution in [3.8, 4) is 0 Å². The van der Waals surface area contributed by atoms with Crippen LogP contribution in [0.5, 0.6) is 0 Å². The fourth-order valence-corrected chi connectivity index (χ4v) is 2.93. The second-order valence-corrected chi connectivity index (χ2v) is 5.50. The van der Waals surface area contributed by atoms with Gasteiger partial charge in [0.2, 0.25) is 0 Å². The Kier molecular flexibility index (Phi) is 3.41. The molecule has 18 heavy (non-hydrogen) atoms. The van der Waals surface area contributed by atoms with E-state index in [2.05, 4.69) is 46.0 Å². The van der Waals surface area contributed by atoms with Gasteiger partial charge in [-0.2, -0.15) is 0 Å². The van der Waals surface area contributed by atoms with E-state index in [9.17, 15) is 0 Å². The maximum atomic E-state index is 2.51. The van der Waals surface area contributed by atoms with Crippen molar-refractivity contribution in [2.24, 2.45) is 0 Å². The third-order valence-corrected chi connectivity index (χ3v) is 4.17. The number of piperazine rings is 1. The molecule has 0 amide bonds. The van der Waals surface area contributed by atoms with Crippen LogP contribution < -0.4 is 9.80 Å². The summed E-state index contributed by atoms with van der Waals surface area (Å²) in [7, 11) is 2.21. The van der Waals surface area contributed by atoms with Crippen LogP contribution in [-0.4, -0.2) is 51.2 Å². The molecule has 0 aliphatic carbocycles. The zero-order valence-electron chi connectivity index (χ0n) is 11.3. The van der Waals surface area contributed by atoms with Crippen molar-refractivity contribution < 1.29 is 0 Å². The van der Waals surface area contributed by atoms with E-state index in [4.69, 9.17) is 0 Å². The van der Waals surface area contributed by atoms with E-state index >= 15 is 0 Å². The highest BCUT2D eigenvalue weighted by molar-refractivity contribution is 5.60. The molecular formula is C15H23N3. The molecule has 2 aliphatic heterocycles. The Bertz CT molecular complexity index is 390. The average molecular weight is 245 g/mol. The molecule has 0 aromatic heterocycles. The molecule has 1 aromatic carbocycles. The summed E-state index contributed by atoms with van der Waals surface area (Å²) < 4.78 is 0. The Morgan fingerprint density at radius 1 is 0.778 bits per heavy atom. The first-order chi connectivity index (χ1) is 8.83. The topological polar surface area (TPSA) is 9.72 Å². The molecule has 0 radical (unpaired) electrons. The van der Waals surface area contributed by atoms with Crippen LogP contribution in [0.2, 0.25) is 0 Å². The number of nitrogens with zero attached hydrogens (tertiary/aromatic N) is 3. The number of benzene rings is 1. The van der Waals surface area contributed by atoms with E-state index in [1.807, 2.05) is 0 Å². The number of likely N-dealkylation sites (N-methyl/N-ethyl adjacent to an activating group) is 1. The molecule has 2 heterocycles. The molecule has 98 valence electrons. The van der Waals surface area contributed by atoms with Crippen LogP contribution in [-0.2, 0) is 0 Å². The molecule has 0 N–H and O–H groups in total. The SMILES string of the molecule is CN1CCN(c2cccc(N3CCCC3)c2)CC1. The van der Waals surface area contributed by atoms with Crippen LogP contribution in [0.25, 0.3) is 0 Å². The molecule has 3 heteroatoms. The molecule has 0 bridgehead atoms. The normalized spacial score (nSPS) is 21.6. The standard InChI is InChI=1S/C15H23N3/c1-16-9-11-18(12-10-16)15-6-4-5-14(13-15)17-7-2-3-8-17/h4-6,13H,2-3,7-12H2,1H3. The molecular weight excluding hydrogens is 222 g/mol. The van der Waals surface area contributed by atoms with Crippen LogP contribution in [0.15, 0.2) is 24.3 Å². The third-order valence-electron chi connectivity index (χ3n) is 4.17. The minimum atomic E-state index is 1.15. The minimum absolute atomic E-state index is 1.15. The molecule has 0 spiro atoms. The summed E-state index contributed by atoms with van der Waals surface area (Å²) in [6.07, 6.45) is 2.69. The van der Waals surface area contributed by atoms with Gasteiger partial charge in [-0.15, -0.1) is 0 Å². The molecule has 3 nitrogen and oxygen atoms in total. The first kappa shape index (κ1) is 11.8. The Labute approximate surface area is 110 Å². The first-order valence-corrected chi connectivity index (χ1v) is 7.11. The molecule has 2 saturated heterocycles. The Morgan fingerprint density at radius 2 is 1.33 bits per heavy atom. The summed E-state index contributed by atoms with van der Waals surface area (Å²) in [5.74, 6) is 0. The smallest absolute Gasteiger partial charge is 0.0387 e. The third kappa shape index (κ3) is 2.46. The van der Waals surface area contributed by atoms with Crippen LogP contribution in [0.3, 0.4) is 0 Å². The number of hydrogen-bond donors (Lipinski definition) is 0. The van der Waals surface area contributed by atoms with Crippen molar-refractivity contribution in [2.75, 3.05) is 56.1 Å². The zero-order chi connectivity index (χ0) is 12.4. The second kappa shape index (κ2) is 5.19. The quantitative estimate of drug-likeness (QED) is 0.789. The Balaban J connectivity index is 1.74. The van der Waals surface area contributed by atoms with E-state index in [0.717, 1.165) is 13.1 Å². The van der Waals surface area contributed by atoms with Gasteiger partial charge in [-0.3, -0.25) is 0 Å². The molecule has 0 unspecified atom stereocenters. The van der Waals surface area contributed by atoms with Gasteiger partial charge in [-0.25, -0.2) is 0 Å². The summed E-state index contributed by atoms with van der Waals surface area (Å²) in [5, 5.41) is 0. The summed E-state index contributed by atoms with van der Waals surface area (Å²) in [6.45, 7) is 7.11. The van der Waals surface area contributed by atoms with Crippen molar-refractivity contribution in [1.29, 1.82) is 0 Å². The first-order valence-electron chi connectivity index (χ1n) is 7.11. The number of anilines is 2. The number of hydrogen-bond acceptors (Lipinski definition) is 3. The molecule has 2 fully saturated rings. The second-order valence-electron chi connectivity index (χ2n) is 5.50. The van der Waals surface area contributed by atoms with Crippen molar-refractivity contribution >= 4 is 11.4 Å². The predicted octanol–water partition coefficient (Wildman–Crippen LogP) is 2.04. The highest BCUT2D eigenvalue weighted by Gasteiger charge is 2.16. The molecule has 0 saturated carbocycles. The van der Waals surface area contributed by atoms with Gasteiger partial charge in [-0.05, 0) is 38.1 Å². The van der Waals surface area contributed by atoms with Gasteiger partial charge >= 0.3 is 0 Å². The van der Waals surface area contributed by atoms with Crippen molar-refractivity contribution in [1.82, 2.24) is 4.90 Å². The lowest BCUT2D eigenvalue weighted by Gasteiger charge is -2.34. The Morgan fingerprint density at radius 3 is 1.94 bits per heavy atom. The number of rotatable bonds is 2. The van der Waals surface area contributed by atoms with Gasteiger partial charge in [0, 0.05) is 50.6 Å². The van der Waals surface area contributed by atoms with Crippen LogP contribution in [0, 0.1) is 0 Å². The van der Waals surface area contributed by atoms with Crippen LogP contribution >= 0.6 is 0 Å². The van der Waals surface area contributed by atoms with E-state index in [1.165, 1.54) is 50.4 Å². The highest BCUT2D eigenvalue weighted by atomic mass is 15.2. The lowest BCUT2D eigenvalue weighted by atomic mass is 10.2. The van der Waals surface area contributed by atoms with Crippen molar-refractivity contribution in [3.63, 3.8) is 0 Å². The summed E-state index contributed by atoms with van der Waals surface area (Å²) >= 11 is 0. The van der Waals surface area contributed by atoms with Crippen molar-refractivity contribution in [3.05, 3.63) is 24.3 Å². The highest BCUT2D eigenvalue weighted by Crippen LogP contribution is 2.25. The maximum absolute atomic E-state index is 2.51. The van der Waals surface area contributed by atoms with Gasteiger partial charge in [0.1, 0.15) is 0 Å².